The molecule has 0 saturated carbocycles. The van der Waals surface area contributed by atoms with Crippen molar-refractivity contribution < 1.29 is 13.2 Å². The lowest BCUT2D eigenvalue weighted by atomic mass is 10.2. The summed E-state index contributed by atoms with van der Waals surface area (Å²) in [5.41, 5.74) is 2.07. The van der Waals surface area contributed by atoms with Crippen molar-refractivity contribution in [3.05, 3.63) is 35.4 Å². The third-order valence-electron chi connectivity index (χ3n) is 3.81. The van der Waals surface area contributed by atoms with Crippen molar-refractivity contribution in [2.24, 2.45) is 0 Å². The smallest absolute Gasteiger partial charge is 0.248 e. The minimum absolute atomic E-state index is 0.254. The highest BCUT2D eigenvalue weighted by Gasteiger charge is 2.27. The minimum Gasteiger partial charge on any atom is -0.322 e. The number of allylic oxidation sites excluding steroid dienone is 1. The molecule has 1 saturated heterocycles. The molecule has 5 nitrogen and oxygen atoms in total. The van der Waals surface area contributed by atoms with Crippen molar-refractivity contribution in [2.75, 3.05) is 18.4 Å². The quantitative estimate of drug-likeness (QED) is 0.859. The molecule has 0 atom stereocenters. The van der Waals surface area contributed by atoms with Crippen LogP contribution in [0, 0.1) is 6.92 Å². The SMILES string of the molecule is CC(C)=CC(=O)Nc1ccc(C)c(S(=O)(=O)N2CCCCC2)c1. The lowest BCUT2D eigenvalue weighted by Crippen LogP contribution is -2.36. The van der Waals surface area contributed by atoms with Gasteiger partial charge in [0.2, 0.25) is 15.9 Å². The number of carbonyl (C=O) groups excluding carboxylic acids is 1. The maximum atomic E-state index is 12.8. The molecule has 1 heterocycles. The molecular formula is C17H24N2O3S. The van der Waals surface area contributed by atoms with Crippen LogP contribution in [0.3, 0.4) is 0 Å². The molecule has 126 valence electrons. The molecule has 0 aromatic heterocycles. The predicted molar refractivity (Wildman–Crippen MR) is 91.8 cm³/mol. The number of benzene rings is 1. The fourth-order valence-electron chi connectivity index (χ4n) is 2.64. The van der Waals surface area contributed by atoms with Gasteiger partial charge in [0.1, 0.15) is 0 Å². The van der Waals surface area contributed by atoms with Gasteiger partial charge in [-0.2, -0.15) is 4.31 Å². The standard InChI is InChI=1S/C17H24N2O3S/c1-13(2)11-17(20)18-15-8-7-14(3)16(12-15)23(21,22)19-9-5-4-6-10-19/h7-8,11-12H,4-6,9-10H2,1-3H3,(H,18,20). The summed E-state index contributed by atoms with van der Waals surface area (Å²) in [4.78, 5) is 12.1. The van der Waals surface area contributed by atoms with Crippen LogP contribution in [0.1, 0.15) is 38.7 Å². The first-order valence-corrected chi connectivity index (χ1v) is 9.31. The van der Waals surface area contributed by atoms with Gasteiger partial charge in [0.15, 0.2) is 0 Å². The number of anilines is 1. The van der Waals surface area contributed by atoms with Gasteiger partial charge in [-0.15, -0.1) is 0 Å². The van der Waals surface area contributed by atoms with E-state index in [0.29, 0.717) is 24.3 Å². The minimum atomic E-state index is -3.51. The van der Waals surface area contributed by atoms with E-state index in [4.69, 9.17) is 0 Å². The van der Waals surface area contributed by atoms with E-state index in [1.807, 2.05) is 13.8 Å². The van der Waals surface area contributed by atoms with Crippen molar-refractivity contribution in [3.8, 4) is 0 Å². The van der Waals surface area contributed by atoms with E-state index in [0.717, 1.165) is 24.8 Å². The van der Waals surface area contributed by atoms with Crippen molar-refractivity contribution >= 4 is 21.6 Å². The summed E-state index contributed by atoms with van der Waals surface area (Å²) in [6, 6.07) is 5.01. The van der Waals surface area contributed by atoms with E-state index in [-0.39, 0.29) is 10.8 Å². The maximum Gasteiger partial charge on any atom is 0.248 e. The molecule has 1 aromatic carbocycles. The lowest BCUT2D eigenvalue weighted by molar-refractivity contribution is -0.111. The molecule has 1 aliphatic heterocycles. The number of nitrogens with one attached hydrogen (secondary N) is 1. The summed E-state index contributed by atoms with van der Waals surface area (Å²) in [5.74, 6) is -0.254. The third kappa shape index (κ3) is 4.42. The van der Waals surface area contributed by atoms with Crippen LogP contribution < -0.4 is 5.32 Å². The Kier molecular flexibility index (Phi) is 5.59. The fraction of sp³-hybridized carbons (Fsp3) is 0.471. The zero-order valence-corrected chi connectivity index (χ0v) is 14.7. The molecule has 2 rings (SSSR count). The number of nitrogens with zero attached hydrogens (tertiary/aromatic N) is 1. The normalized spacial score (nSPS) is 16.0. The summed E-state index contributed by atoms with van der Waals surface area (Å²) in [7, 11) is -3.51. The van der Waals surface area contributed by atoms with Gasteiger partial charge < -0.3 is 5.32 Å². The summed E-state index contributed by atoms with van der Waals surface area (Å²) in [5, 5.41) is 2.72. The van der Waals surface area contributed by atoms with Gasteiger partial charge in [-0.05, 0) is 51.3 Å². The van der Waals surface area contributed by atoms with E-state index in [1.165, 1.54) is 6.08 Å². The number of aryl methyl sites for hydroxylation is 1. The van der Waals surface area contributed by atoms with E-state index in [1.54, 1.807) is 29.4 Å². The molecule has 1 aromatic rings. The topological polar surface area (TPSA) is 66.5 Å². The van der Waals surface area contributed by atoms with Crippen LogP contribution in [0.25, 0.3) is 0 Å². The van der Waals surface area contributed by atoms with Gasteiger partial charge in [0, 0.05) is 24.9 Å². The fourth-order valence-corrected chi connectivity index (χ4v) is 4.41. The first kappa shape index (κ1) is 17.7. The van der Waals surface area contributed by atoms with Crippen molar-refractivity contribution in [1.29, 1.82) is 0 Å². The zero-order chi connectivity index (χ0) is 17.0. The molecule has 0 unspecified atom stereocenters. The molecular weight excluding hydrogens is 312 g/mol. The first-order valence-electron chi connectivity index (χ1n) is 7.87. The number of piperidine rings is 1. The van der Waals surface area contributed by atoms with Gasteiger partial charge in [-0.1, -0.05) is 18.1 Å². The Morgan fingerprint density at radius 3 is 2.43 bits per heavy atom. The third-order valence-corrected chi connectivity index (χ3v) is 5.85. The first-order chi connectivity index (χ1) is 10.8. The van der Waals surface area contributed by atoms with Crippen LogP contribution in [-0.2, 0) is 14.8 Å². The number of hydrogen-bond acceptors (Lipinski definition) is 3. The van der Waals surface area contributed by atoms with Crippen LogP contribution in [0.2, 0.25) is 0 Å². The zero-order valence-electron chi connectivity index (χ0n) is 13.9. The average molecular weight is 336 g/mol. The largest absolute Gasteiger partial charge is 0.322 e. The van der Waals surface area contributed by atoms with Crippen LogP contribution >= 0.6 is 0 Å². The Labute approximate surface area is 138 Å². The maximum absolute atomic E-state index is 12.8. The van der Waals surface area contributed by atoms with E-state index >= 15 is 0 Å². The van der Waals surface area contributed by atoms with Crippen LogP contribution in [0.4, 0.5) is 5.69 Å². The molecule has 0 bridgehead atoms. The van der Waals surface area contributed by atoms with Gasteiger partial charge in [0.25, 0.3) is 0 Å². The van der Waals surface area contributed by atoms with Gasteiger partial charge in [-0.3, -0.25) is 4.79 Å². The summed E-state index contributed by atoms with van der Waals surface area (Å²) < 4.78 is 27.2. The summed E-state index contributed by atoms with van der Waals surface area (Å²) in [6.45, 7) is 6.58. The van der Waals surface area contributed by atoms with Crippen molar-refractivity contribution in [2.45, 2.75) is 44.9 Å². The van der Waals surface area contributed by atoms with Crippen LogP contribution in [0.5, 0.6) is 0 Å². The van der Waals surface area contributed by atoms with Crippen molar-refractivity contribution in [1.82, 2.24) is 4.31 Å². The second-order valence-electron chi connectivity index (χ2n) is 6.16. The molecule has 0 aliphatic carbocycles. The summed E-state index contributed by atoms with van der Waals surface area (Å²) >= 11 is 0. The monoisotopic (exact) mass is 336 g/mol. The van der Waals surface area contributed by atoms with Crippen LogP contribution in [0.15, 0.2) is 34.7 Å². The summed E-state index contributed by atoms with van der Waals surface area (Å²) in [6.07, 6.45) is 4.35. The Morgan fingerprint density at radius 1 is 1.17 bits per heavy atom. The predicted octanol–water partition coefficient (Wildman–Crippen LogP) is 3.07. The molecule has 6 heteroatoms. The lowest BCUT2D eigenvalue weighted by Gasteiger charge is -2.26. The van der Waals surface area contributed by atoms with Crippen LogP contribution in [-0.4, -0.2) is 31.7 Å². The highest BCUT2D eigenvalue weighted by atomic mass is 32.2. The van der Waals surface area contributed by atoms with Gasteiger partial charge in [0.05, 0.1) is 4.90 Å². The molecule has 23 heavy (non-hydrogen) atoms. The Bertz CT molecular complexity index is 713. The van der Waals surface area contributed by atoms with E-state index in [9.17, 15) is 13.2 Å². The Balaban J connectivity index is 2.30. The molecule has 1 amide bonds. The number of hydrogen-bond donors (Lipinski definition) is 1. The molecule has 0 spiro atoms. The molecule has 1 aliphatic rings. The Morgan fingerprint density at radius 2 is 1.83 bits per heavy atom. The number of sulfonamides is 1. The number of carbonyl (C=O) groups is 1. The second kappa shape index (κ2) is 7.27. The second-order valence-corrected chi connectivity index (χ2v) is 8.06. The van der Waals surface area contributed by atoms with Crippen molar-refractivity contribution in [3.63, 3.8) is 0 Å². The van der Waals surface area contributed by atoms with Gasteiger partial charge in [-0.25, -0.2) is 8.42 Å². The number of rotatable bonds is 4. The highest BCUT2D eigenvalue weighted by Crippen LogP contribution is 2.26. The number of amides is 1. The molecule has 1 fully saturated rings. The van der Waals surface area contributed by atoms with E-state index < -0.39 is 10.0 Å². The average Bonchev–Trinajstić information content (AvgIpc) is 2.49. The highest BCUT2D eigenvalue weighted by molar-refractivity contribution is 7.89. The van der Waals surface area contributed by atoms with E-state index in [2.05, 4.69) is 5.32 Å². The van der Waals surface area contributed by atoms with Gasteiger partial charge >= 0.3 is 0 Å². The molecule has 1 N–H and O–H groups in total. The Hall–Kier alpha value is -1.66. The molecule has 0 radical (unpaired) electrons.